The summed E-state index contributed by atoms with van der Waals surface area (Å²) >= 11 is 0. The van der Waals surface area contributed by atoms with Crippen LogP contribution in [0.5, 0.6) is 0 Å². The molecule has 100 valence electrons. The van der Waals surface area contributed by atoms with Gasteiger partial charge in [0.1, 0.15) is 0 Å². The molecule has 1 aliphatic rings. The zero-order valence-electron chi connectivity index (χ0n) is 11.4. The van der Waals surface area contributed by atoms with Crippen molar-refractivity contribution in [2.24, 2.45) is 0 Å². The number of carbonyl (C=O) groups excluding carboxylic acids is 1. The van der Waals surface area contributed by atoms with Crippen LogP contribution >= 0.6 is 0 Å². The number of likely N-dealkylation sites (tertiary alicyclic amines) is 1. The highest BCUT2D eigenvalue weighted by atomic mass is 16.5. The molecule has 1 atom stereocenters. The van der Waals surface area contributed by atoms with Gasteiger partial charge < -0.3 is 15.0 Å². The molecule has 1 rings (SSSR count). The molecule has 4 heteroatoms. The standard InChI is InChI=1S/C13H26N2O2/c1-4-14-13(11-12(16)17-5-2)7-6-9-15(3)10-8-13/h14H,4-11H2,1-3H3. The minimum absolute atomic E-state index is 0.0498. The fourth-order valence-corrected chi connectivity index (χ4v) is 2.61. The van der Waals surface area contributed by atoms with Gasteiger partial charge in [-0.2, -0.15) is 0 Å². The van der Waals surface area contributed by atoms with Crippen LogP contribution in [0.1, 0.15) is 39.5 Å². The molecule has 4 nitrogen and oxygen atoms in total. The summed E-state index contributed by atoms with van der Waals surface area (Å²) in [5.41, 5.74) is -0.0498. The third-order valence-corrected chi connectivity index (χ3v) is 3.51. The summed E-state index contributed by atoms with van der Waals surface area (Å²) in [5, 5.41) is 3.52. The lowest BCUT2D eigenvalue weighted by Crippen LogP contribution is -2.47. The lowest BCUT2D eigenvalue weighted by Gasteiger charge is -2.32. The number of nitrogens with zero attached hydrogens (tertiary/aromatic N) is 1. The van der Waals surface area contributed by atoms with Crippen LogP contribution in [-0.2, 0) is 9.53 Å². The molecular formula is C13H26N2O2. The van der Waals surface area contributed by atoms with Gasteiger partial charge in [-0.05, 0) is 52.9 Å². The Kier molecular flexibility index (Phi) is 5.92. The van der Waals surface area contributed by atoms with Crippen molar-refractivity contribution in [3.63, 3.8) is 0 Å². The van der Waals surface area contributed by atoms with E-state index in [1.807, 2.05) is 6.92 Å². The Hall–Kier alpha value is -0.610. The Labute approximate surface area is 105 Å². The summed E-state index contributed by atoms with van der Waals surface area (Å²) in [6.07, 6.45) is 3.73. The molecule has 0 aromatic heterocycles. The fraction of sp³-hybridized carbons (Fsp3) is 0.923. The third-order valence-electron chi connectivity index (χ3n) is 3.51. The highest BCUT2D eigenvalue weighted by Crippen LogP contribution is 2.26. The van der Waals surface area contributed by atoms with Gasteiger partial charge in [0.2, 0.25) is 0 Å². The van der Waals surface area contributed by atoms with Gasteiger partial charge in [-0.3, -0.25) is 4.79 Å². The van der Waals surface area contributed by atoms with E-state index in [9.17, 15) is 4.79 Å². The van der Waals surface area contributed by atoms with Crippen LogP contribution in [0.15, 0.2) is 0 Å². The average Bonchev–Trinajstić information content (AvgIpc) is 2.43. The van der Waals surface area contributed by atoms with Gasteiger partial charge >= 0.3 is 5.97 Å². The van der Waals surface area contributed by atoms with E-state index < -0.39 is 0 Å². The molecule has 0 aromatic rings. The number of nitrogens with one attached hydrogen (secondary N) is 1. The number of hydrogen-bond donors (Lipinski definition) is 1. The molecule has 1 saturated heterocycles. The first-order chi connectivity index (χ1) is 8.12. The molecule has 17 heavy (non-hydrogen) atoms. The molecule has 0 aliphatic carbocycles. The number of esters is 1. The highest BCUT2D eigenvalue weighted by Gasteiger charge is 2.33. The summed E-state index contributed by atoms with van der Waals surface area (Å²) < 4.78 is 5.09. The van der Waals surface area contributed by atoms with Gasteiger partial charge in [-0.1, -0.05) is 6.92 Å². The summed E-state index contributed by atoms with van der Waals surface area (Å²) in [6, 6.07) is 0. The van der Waals surface area contributed by atoms with Crippen molar-refractivity contribution >= 4 is 5.97 Å². The number of ether oxygens (including phenoxy) is 1. The van der Waals surface area contributed by atoms with Gasteiger partial charge in [0.15, 0.2) is 0 Å². The number of carbonyl (C=O) groups is 1. The summed E-state index contributed by atoms with van der Waals surface area (Å²) in [4.78, 5) is 14.0. The van der Waals surface area contributed by atoms with E-state index in [1.165, 1.54) is 0 Å². The molecule has 1 fully saturated rings. The maximum Gasteiger partial charge on any atom is 0.307 e. The van der Waals surface area contributed by atoms with Gasteiger partial charge in [0.25, 0.3) is 0 Å². The van der Waals surface area contributed by atoms with E-state index in [2.05, 4.69) is 24.2 Å². The first-order valence-corrected chi connectivity index (χ1v) is 6.71. The van der Waals surface area contributed by atoms with Gasteiger partial charge in [0, 0.05) is 5.54 Å². The quantitative estimate of drug-likeness (QED) is 0.740. The molecule has 0 bridgehead atoms. The monoisotopic (exact) mass is 242 g/mol. The molecular weight excluding hydrogens is 216 g/mol. The lowest BCUT2D eigenvalue weighted by atomic mass is 9.87. The van der Waals surface area contributed by atoms with Crippen molar-refractivity contribution in [1.82, 2.24) is 10.2 Å². The SMILES string of the molecule is CCNC1(CC(=O)OCC)CCCN(C)CC1. The maximum atomic E-state index is 11.7. The fourth-order valence-electron chi connectivity index (χ4n) is 2.61. The predicted molar refractivity (Wildman–Crippen MR) is 69.0 cm³/mol. The van der Waals surface area contributed by atoms with Crippen LogP contribution in [0.3, 0.4) is 0 Å². The average molecular weight is 242 g/mol. The van der Waals surface area contributed by atoms with Gasteiger partial charge in [0.05, 0.1) is 13.0 Å². The topological polar surface area (TPSA) is 41.6 Å². The Bertz CT molecular complexity index is 246. The minimum Gasteiger partial charge on any atom is -0.466 e. The first kappa shape index (κ1) is 14.5. The zero-order chi connectivity index (χ0) is 12.7. The van der Waals surface area contributed by atoms with Crippen LogP contribution in [0, 0.1) is 0 Å². The van der Waals surface area contributed by atoms with E-state index in [1.54, 1.807) is 0 Å². The second-order valence-electron chi connectivity index (χ2n) is 4.95. The highest BCUT2D eigenvalue weighted by molar-refractivity contribution is 5.70. The minimum atomic E-state index is -0.0713. The van der Waals surface area contributed by atoms with Crippen LogP contribution in [0.2, 0.25) is 0 Å². The second kappa shape index (κ2) is 6.97. The maximum absolute atomic E-state index is 11.7. The van der Waals surface area contributed by atoms with E-state index in [0.717, 1.165) is 38.9 Å². The van der Waals surface area contributed by atoms with Crippen molar-refractivity contribution < 1.29 is 9.53 Å². The molecule has 1 heterocycles. The lowest BCUT2D eigenvalue weighted by molar-refractivity contribution is -0.145. The molecule has 1 unspecified atom stereocenters. The number of rotatable bonds is 5. The number of hydrogen-bond acceptors (Lipinski definition) is 4. The summed E-state index contributed by atoms with van der Waals surface area (Å²) in [7, 11) is 2.15. The summed E-state index contributed by atoms with van der Waals surface area (Å²) in [6.45, 7) is 7.51. The van der Waals surface area contributed by atoms with E-state index in [4.69, 9.17) is 4.74 Å². The summed E-state index contributed by atoms with van der Waals surface area (Å²) in [5.74, 6) is -0.0713. The Morgan fingerprint density at radius 1 is 1.35 bits per heavy atom. The molecule has 0 amide bonds. The predicted octanol–water partition coefficient (Wildman–Crippen LogP) is 1.40. The van der Waals surface area contributed by atoms with E-state index >= 15 is 0 Å². The van der Waals surface area contributed by atoms with Crippen molar-refractivity contribution in [3.05, 3.63) is 0 Å². The molecule has 0 saturated carbocycles. The van der Waals surface area contributed by atoms with Crippen LogP contribution < -0.4 is 5.32 Å². The molecule has 0 radical (unpaired) electrons. The third kappa shape index (κ3) is 4.64. The first-order valence-electron chi connectivity index (χ1n) is 6.71. The normalized spacial score (nSPS) is 26.5. The Morgan fingerprint density at radius 2 is 2.12 bits per heavy atom. The van der Waals surface area contributed by atoms with Crippen molar-refractivity contribution in [2.45, 2.75) is 45.1 Å². The zero-order valence-corrected chi connectivity index (χ0v) is 11.4. The Balaban J connectivity index is 2.63. The molecule has 0 spiro atoms. The Morgan fingerprint density at radius 3 is 2.76 bits per heavy atom. The van der Waals surface area contributed by atoms with Crippen molar-refractivity contribution in [3.8, 4) is 0 Å². The van der Waals surface area contributed by atoms with Gasteiger partial charge in [-0.25, -0.2) is 0 Å². The van der Waals surface area contributed by atoms with Gasteiger partial charge in [-0.15, -0.1) is 0 Å². The second-order valence-corrected chi connectivity index (χ2v) is 4.95. The van der Waals surface area contributed by atoms with E-state index in [0.29, 0.717) is 13.0 Å². The van der Waals surface area contributed by atoms with Crippen molar-refractivity contribution in [1.29, 1.82) is 0 Å². The molecule has 0 aromatic carbocycles. The van der Waals surface area contributed by atoms with Crippen LogP contribution in [-0.4, -0.2) is 49.7 Å². The van der Waals surface area contributed by atoms with Crippen LogP contribution in [0.4, 0.5) is 0 Å². The molecule has 1 aliphatic heterocycles. The van der Waals surface area contributed by atoms with Crippen LogP contribution in [0.25, 0.3) is 0 Å². The largest absolute Gasteiger partial charge is 0.466 e. The molecule has 1 N–H and O–H groups in total. The van der Waals surface area contributed by atoms with E-state index in [-0.39, 0.29) is 11.5 Å². The van der Waals surface area contributed by atoms with Crippen molar-refractivity contribution in [2.75, 3.05) is 33.3 Å². The smallest absolute Gasteiger partial charge is 0.307 e.